The predicted octanol–water partition coefficient (Wildman–Crippen LogP) is 2.25. The highest BCUT2D eigenvalue weighted by Crippen LogP contribution is 2.48. The monoisotopic (exact) mass is 503 g/mol. The number of hydrogen-bond donors (Lipinski definition) is 1. The fourth-order valence-electron chi connectivity index (χ4n) is 4.86. The summed E-state index contributed by atoms with van der Waals surface area (Å²) in [6, 6.07) is 0. The van der Waals surface area contributed by atoms with Gasteiger partial charge in [-0.25, -0.2) is 0 Å². The molecule has 0 radical (unpaired) electrons. The van der Waals surface area contributed by atoms with Crippen LogP contribution in [0.25, 0.3) is 0 Å². The Labute approximate surface area is 187 Å². The second-order valence-corrected chi connectivity index (χ2v) is 8.97. The molecule has 4 aliphatic rings. The van der Waals surface area contributed by atoms with Gasteiger partial charge in [-0.15, -0.1) is 24.0 Å². The van der Waals surface area contributed by atoms with Crippen LogP contribution in [0.2, 0.25) is 0 Å². The summed E-state index contributed by atoms with van der Waals surface area (Å²) in [5.41, 5.74) is 0. The van der Waals surface area contributed by atoms with Gasteiger partial charge in [0.1, 0.15) is 0 Å². The molecule has 28 heavy (non-hydrogen) atoms. The minimum Gasteiger partial charge on any atom is -0.356 e. The van der Waals surface area contributed by atoms with E-state index in [0.29, 0.717) is 12.5 Å². The lowest BCUT2D eigenvalue weighted by molar-refractivity contribution is -0.133. The van der Waals surface area contributed by atoms with E-state index in [1.54, 1.807) is 0 Å². The molecule has 2 aliphatic heterocycles. The largest absolute Gasteiger partial charge is 0.356 e. The third-order valence-corrected chi connectivity index (χ3v) is 6.90. The number of carbonyl (C=O) groups excluding carboxylic acids is 1. The molecule has 4 fully saturated rings. The van der Waals surface area contributed by atoms with Crippen molar-refractivity contribution in [1.29, 1.82) is 0 Å². The van der Waals surface area contributed by atoms with Gasteiger partial charge in [-0.3, -0.25) is 14.7 Å². The van der Waals surface area contributed by atoms with E-state index in [1.165, 1.54) is 44.9 Å². The number of nitrogens with one attached hydrogen (secondary N) is 1. The van der Waals surface area contributed by atoms with Gasteiger partial charge in [0.05, 0.1) is 6.54 Å². The normalized spacial score (nSPS) is 24.3. The van der Waals surface area contributed by atoms with E-state index in [1.807, 2.05) is 7.05 Å². The summed E-state index contributed by atoms with van der Waals surface area (Å²) in [7, 11) is 1.90. The zero-order valence-electron chi connectivity index (χ0n) is 17.4. The number of likely N-dealkylation sites (tertiary alicyclic amines) is 1. The number of nitrogens with zero attached hydrogens (tertiary/aromatic N) is 4. The Morgan fingerprint density at radius 3 is 2.07 bits per heavy atom. The van der Waals surface area contributed by atoms with Crippen LogP contribution in [0.3, 0.4) is 0 Å². The molecule has 1 N–H and O–H groups in total. The fourth-order valence-corrected chi connectivity index (χ4v) is 4.86. The molecule has 0 spiro atoms. The number of guanidine groups is 1. The van der Waals surface area contributed by atoms with Gasteiger partial charge < -0.3 is 15.1 Å². The van der Waals surface area contributed by atoms with Crippen LogP contribution < -0.4 is 5.32 Å². The lowest BCUT2D eigenvalue weighted by atomic mass is 9.98. The van der Waals surface area contributed by atoms with Gasteiger partial charge in [0.15, 0.2) is 5.96 Å². The molecule has 4 rings (SSSR count). The number of piperazine rings is 1. The van der Waals surface area contributed by atoms with Gasteiger partial charge in [-0.1, -0.05) is 0 Å². The van der Waals surface area contributed by atoms with E-state index in [9.17, 15) is 4.79 Å². The number of rotatable bonds is 6. The van der Waals surface area contributed by atoms with Gasteiger partial charge in [-0.2, -0.15) is 0 Å². The fraction of sp³-hybridized carbons (Fsp3) is 0.905. The molecule has 0 aromatic carbocycles. The topological polar surface area (TPSA) is 51.2 Å². The summed E-state index contributed by atoms with van der Waals surface area (Å²) in [6.07, 6.45) is 9.36. The molecule has 2 saturated heterocycles. The van der Waals surface area contributed by atoms with Crippen molar-refractivity contribution in [3.8, 4) is 0 Å². The first-order chi connectivity index (χ1) is 13.2. The number of halogens is 1. The Morgan fingerprint density at radius 1 is 0.929 bits per heavy atom. The third-order valence-electron chi connectivity index (χ3n) is 6.90. The molecule has 2 heterocycles. The summed E-state index contributed by atoms with van der Waals surface area (Å²) in [5, 5.41) is 3.67. The van der Waals surface area contributed by atoms with E-state index in [0.717, 1.165) is 69.5 Å². The van der Waals surface area contributed by atoms with Crippen molar-refractivity contribution in [3.05, 3.63) is 0 Å². The van der Waals surface area contributed by atoms with Gasteiger partial charge in [-0.05, 0) is 62.7 Å². The number of aliphatic imine (C=N–C) groups is 1. The van der Waals surface area contributed by atoms with E-state index >= 15 is 0 Å². The summed E-state index contributed by atoms with van der Waals surface area (Å²) in [5.74, 6) is 4.19. The Kier molecular flexibility index (Phi) is 8.26. The van der Waals surface area contributed by atoms with Crippen molar-refractivity contribution in [3.63, 3.8) is 0 Å². The number of piperidine rings is 1. The van der Waals surface area contributed by atoms with Crippen LogP contribution in [0.4, 0.5) is 0 Å². The van der Waals surface area contributed by atoms with Crippen molar-refractivity contribution in [2.45, 2.75) is 44.9 Å². The Balaban J connectivity index is 0.00000225. The average molecular weight is 503 g/mol. The summed E-state index contributed by atoms with van der Waals surface area (Å²) in [4.78, 5) is 23.8. The molecule has 2 aliphatic carbocycles. The highest BCUT2D eigenvalue weighted by atomic mass is 127. The molecular formula is C21H38IN5O. The van der Waals surface area contributed by atoms with Crippen molar-refractivity contribution < 1.29 is 4.79 Å². The predicted molar refractivity (Wildman–Crippen MR) is 124 cm³/mol. The number of carbonyl (C=O) groups is 1. The molecule has 0 aromatic heterocycles. The average Bonchev–Trinajstić information content (AvgIpc) is 3.61. The summed E-state index contributed by atoms with van der Waals surface area (Å²) in [6.45, 7) is 7.43. The Morgan fingerprint density at radius 2 is 1.54 bits per heavy atom. The molecule has 0 bridgehead atoms. The maximum Gasteiger partial charge on any atom is 0.236 e. The first-order valence-electron chi connectivity index (χ1n) is 11.2. The first kappa shape index (κ1) is 22.1. The molecule has 0 atom stereocenters. The standard InChI is InChI=1S/C21H37N5O.HI/c1-22-21(23-15-19(17-5-6-17)18-7-8-18)26-13-11-24(12-14-26)16-20(27)25-9-3-2-4-10-25;/h17-19H,2-16H2,1H3,(H,22,23);1H. The van der Waals surface area contributed by atoms with Crippen LogP contribution in [0.5, 0.6) is 0 Å². The van der Waals surface area contributed by atoms with Crippen LogP contribution in [0.1, 0.15) is 44.9 Å². The maximum atomic E-state index is 12.5. The minimum absolute atomic E-state index is 0. The molecule has 7 heteroatoms. The SMILES string of the molecule is CN=C(NCC(C1CC1)C1CC1)N1CCN(CC(=O)N2CCCCC2)CC1.I. The highest BCUT2D eigenvalue weighted by molar-refractivity contribution is 14.0. The van der Waals surface area contributed by atoms with E-state index in [-0.39, 0.29) is 24.0 Å². The Bertz CT molecular complexity index is 523. The van der Waals surface area contributed by atoms with Crippen LogP contribution in [-0.4, -0.2) is 86.0 Å². The molecule has 160 valence electrons. The number of amides is 1. The first-order valence-corrected chi connectivity index (χ1v) is 11.2. The van der Waals surface area contributed by atoms with Crippen molar-refractivity contribution in [2.75, 3.05) is 59.4 Å². The van der Waals surface area contributed by atoms with Crippen LogP contribution in [0, 0.1) is 17.8 Å². The Hall–Kier alpha value is -0.570. The second-order valence-electron chi connectivity index (χ2n) is 8.97. The zero-order chi connectivity index (χ0) is 18.6. The van der Waals surface area contributed by atoms with Gasteiger partial charge >= 0.3 is 0 Å². The molecule has 0 unspecified atom stereocenters. The van der Waals surface area contributed by atoms with Gasteiger partial charge in [0.25, 0.3) is 0 Å². The molecule has 2 saturated carbocycles. The molecule has 6 nitrogen and oxygen atoms in total. The van der Waals surface area contributed by atoms with Crippen LogP contribution in [-0.2, 0) is 4.79 Å². The second kappa shape index (κ2) is 10.5. The summed E-state index contributed by atoms with van der Waals surface area (Å²) < 4.78 is 0. The van der Waals surface area contributed by atoms with Crippen molar-refractivity contribution >= 4 is 35.8 Å². The molecule has 1 amide bonds. The smallest absolute Gasteiger partial charge is 0.236 e. The van der Waals surface area contributed by atoms with E-state index < -0.39 is 0 Å². The number of hydrogen-bond acceptors (Lipinski definition) is 3. The van der Waals surface area contributed by atoms with Gasteiger partial charge in [0, 0.05) is 52.9 Å². The van der Waals surface area contributed by atoms with E-state index in [4.69, 9.17) is 0 Å². The van der Waals surface area contributed by atoms with Crippen LogP contribution in [0.15, 0.2) is 4.99 Å². The third kappa shape index (κ3) is 5.97. The molecular weight excluding hydrogens is 465 g/mol. The lowest BCUT2D eigenvalue weighted by Gasteiger charge is -2.37. The highest BCUT2D eigenvalue weighted by Gasteiger charge is 2.41. The molecule has 0 aromatic rings. The van der Waals surface area contributed by atoms with Crippen molar-refractivity contribution in [1.82, 2.24) is 20.0 Å². The maximum absolute atomic E-state index is 12.5. The van der Waals surface area contributed by atoms with Gasteiger partial charge in [0.2, 0.25) is 5.91 Å². The zero-order valence-corrected chi connectivity index (χ0v) is 19.8. The lowest BCUT2D eigenvalue weighted by Crippen LogP contribution is -2.55. The van der Waals surface area contributed by atoms with Crippen LogP contribution >= 0.6 is 24.0 Å². The summed E-state index contributed by atoms with van der Waals surface area (Å²) >= 11 is 0. The minimum atomic E-state index is 0. The quantitative estimate of drug-likeness (QED) is 0.343. The van der Waals surface area contributed by atoms with Crippen molar-refractivity contribution in [2.24, 2.45) is 22.7 Å². The van der Waals surface area contributed by atoms with E-state index in [2.05, 4.69) is 25.0 Å².